The molecule has 1 aromatic carbocycles. The van der Waals surface area contributed by atoms with Gasteiger partial charge in [-0.1, -0.05) is 29.8 Å². The summed E-state index contributed by atoms with van der Waals surface area (Å²) >= 11 is 6.23. The number of furan rings is 1. The maximum absolute atomic E-state index is 6.23. The molecule has 2 aromatic rings. The second-order valence-corrected chi connectivity index (χ2v) is 5.41. The van der Waals surface area contributed by atoms with Gasteiger partial charge in [-0.15, -0.1) is 0 Å². The summed E-state index contributed by atoms with van der Waals surface area (Å²) in [5, 5.41) is 4.36. The highest BCUT2D eigenvalue weighted by molar-refractivity contribution is 6.31. The predicted octanol–water partition coefficient (Wildman–Crippen LogP) is 4.96. The minimum atomic E-state index is 0.193. The Morgan fingerprint density at radius 1 is 1.05 bits per heavy atom. The highest BCUT2D eigenvalue weighted by Crippen LogP contribution is 2.27. The smallest absolute Gasteiger partial charge is 0.105 e. The van der Waals surface area contributed by atoms with E-state index in [1.807, 2.05) is 32.0 Å². The molecule has 0 amide bonds. The molecule has 102 valence electrons. The van der Waals surface area contributed by atoms with Crippen LogP contribution < -0.4 is 5.32 Å². The Labute approximate surface area is 119 Å². The van der Waals surface area contributed by atoms with Crippen LogP contribution in [0.4, 0.5) is 0 Å². The molecule has 1 aromatic heterocycles. The number of nitrogens with one attached hydrogen (secondary N) is 1. The summed E-state index contributed by atoms with van der Waals surface area (Å²) in [7, 11) is 0. The summed E-state index contributed by atoms with van der Waals surface area (Å²) in [6.07, 6.45) is 0. The summed E-state index contributed by atoms with van der Waals surface area (Å²) in [5.74, 6) is 1.93. The van der Waals surface area contributed by atoms with Gasteiger partial charge in [0.1, 0.15) is 11.5 Å². The van der Waals surface area contributed by atoms with Crippen molar-refractivity contribution in [1.82, 2.24) is 5.32 Å². The Balaban J connectivity index is 2.13. The van der Waals surface area contributed by atoms with Gasteiger partial charge >= 0.3 is 0 Å². The summed E-state index contributed by atoms with van der Waals surface area (Å²) in [6.45, 7) is 8.24. The van der Waals surface area contributed by atoms with E-state index in [0.717, 1.165) is 22.1 Å². The molecule has 0 spiro atoms. The van der Waals surface area contributed by atoms with E-state index in [4.69, 9.17) is 16.0 Å². The van der Waals surface area contributed by atoms with Crippen molar-refractivity contribution in [2.24, 2.45) is 0 Å². The number of benzene rings is 1. The first-order valence-corrected chi connectivity index (χ1v) is 6.94. The van der Waals surface area contributed by atoms with Gasteiger partial charge in [-0.3, -0.25) is 0 Å². The fourth-order valence-electron chi connectivity index (χ4n) is 2.46. The van der Waals surface area contributed by atoms with Crippen molar-refractivity contribution in [3.05, 3.63) is 58.0 Å². The lowest BCUT2D eigenvalue weighted by Gasteiger charge is -2.21. The Hall–Kier alpha value is -1.25. The summed E-state index contributed by atoms with van der Waals surface area (Å²) in [6, 6.07) is 10.4. The van der Waals surface area contributed by atoms with Crippen molar-refractivity contribution in [3.63, 3.8) is 0 Å². The van der Waals surface area contributed by atoms with E-state index in [-0.39, 0.29) is 12.1 Å². The zero-order valence-electron chi connectivity index (χ0n) is 11.8. The van der Waals surface area contributed by atoms with Gasteiger partial charge in [0, 0.05) is 22.7 Å². The van der Waals surface area contributed by atoms with Crippen LogP contribution in [-0.2, 0) is 0 Å². The van der Waals surface area contributed by atoms with Gasteiger partial charge < -0.3 is 9.73 Å². The summed E-state index contributed by atoms with van der Waals surface area (Å²) < 4.78 is 5.58. The van der Waals surface area contributed by atoms with Gasteiger partial charge in [-0.2, -0.15) is 0 Å². The van der Waals surface area contributed by atoms with Crippen LogP contribution in [0, 0.1) is 13.8 Å². The van der Waals surface area contributed by atoms with Crippen LogP contribution in [0.3, 0.4) is 0 Å². The molecule has 0 aliphatic heterocycles. The summed E-state index contributed by atoms with van der Waals surface area (Å²) in [5.41, 5.74) is 2.32. The molecule has 1 heterocycles. The monoisotopic (exact) mass is 277 g/mol. The fraction of sp³-hybridized carbons (Fsp3) is 0.375. The van der Waals surface area contributed by atoms with Crippen molar-refractivity contribution in [2.45, 2.75) is 39.8 Å². The van der Waals surface area contributed by atoms with Crippen molar-refractivity contribution in [2.75, 3.05) is 0 Å². The van der Waals surface area contributed by atoms with Crippen molar-refractivity contribution in [1.29, 1.82) is 0 Å². The molecule has 1 N–H and O–H groups in total. The number of hydrogen-bond acceptors (Lipinski definition) is 2. The molecule has 2 rings (SSSR count). The first-order chi connectivity index (χ1) is 8.99. The Bertz CT molecular complexity index is 562. The summed E-state index contributed by atoms with van der Waals surface area (Å²) in [4.78, 5) is 0. The number of halogens is 1. The standard InChI is InChI=1S/C16H20ClNO/c1-10-9-15(13(4)19-10)12(3)18-11(2)14-7-5-6-8-16(14)17/h5-9,11-12,18H,1-4H3/t11-,12?/m1/s1. The van der Waals surface area contributed by atoms with Crippen LogP contribution in [0.25, 0.3) is 0 Å². The Kier molecular flexibility index (Phi) is 4.33. The normalized spacial score (nSPS) is 14.4. The zero-order valence-corrected chi connectivity index (χ0v) is 12.6. The predicted molar refractivity (Wildman–Crippen MR) is 79.6 cm³/mol. The molecule has 3 heteroatoms. The quantitative estimate of drug-likeness (QED) is 0.854. The third-order valence-electron chi connectivity index (χ3n) is 3.42. The molecular weight excluding hydrogens is 258 g/mol. The molecule has 0 saturated carbocycles. The average molecular weight is 278 g/mol. The minimum Gasteiger partial charge on any atom is -0.466 e. The Morgan fingerprint density at radius 3 is 2.26 bits per heavy atom. The van der Waals surface area contributed by atoms with E-state index in [0.29, 0.717) is 0 Å². The van der Waals surface area contributed by atoms with Gasteiger partial charge in [0.25, 0.3) is 0 Å². The minimum absolute atomic E-state index is 0.193. The van der Waals surface area contributed by atoms with Gasteiger partial charge in [0.2, 0.25) is 0 Å². The largest absolute Gasteiger partial charge is 0.466 e. The van der Waals surface area contributed by atoms with E-state index < -0.39 is 0 Å². The highest BCUT2D eigenvalue weighted by atomic mass is 35.5. The van der Waals surface area contributed by atoms with Crippen LogP contribution in [0.5, 0.6) is 0 Å². The molecule has 0 saturated heterocycles. The molecule has 1 unspecified atom stereocenters. The molecular formula is C16H20ClNO. The molecule has 2 nitrogen and oxygen atoms in total. The van der Waals surface area contributed by atoms with Gasteiger partial charge in [-0.05, 0) is 45.4 Å². The van der Waals surface area contributed by atoms with E-state index in [1.54, 1.807) is 0 Å². The van der Waals surface area contributed by atoms with Gasteiger partial charge in [0.15, 0.2) is 0 Å². The van der Waals surface area contributed by atoms with Crippen molar-refractivity contribution < 1.29 is 4.42 Å². The third-order valence-corrected chi connectivity index (χ3v) is 3.76. The molecule has 0 aliphatic carbocycles. The highest BCUT2D eigenvalue weighted by Gasteiger charge is 2.16. The fourth-order valence-corrected chi connectivity index (χ4v) is 2.76. The van der Waals surface area contributed by atoms with Gasteiger partial charge in [-0.25, -0.2) is 0 Å². The Morgan fingerprint density at radius 2 is 1.68 bits per heavy atom. The molecule has 2 atom stereocenters. The third kappa shape index (κ3) is 3.20. The topological polar surface area (TPSA) is 25.2 Å². The number of rotatable bonds is 4. The SMILES string of the molecule is Cc1cc(C(C)N[C@H](C)c2ccccc2Cl)c(C)o1. The molecule has 0 aliphatic rings. The first kappa shape index (κ1) is 14.2. The second kappa shape index (κ2) is 5.81. The van der Waals surface area contributed by atoms with E-state index in [1.165, 1.54) is 5.56 Å². The number of aryl methyl sites for hydroxylation is 2. The maximum Gasteiger partial charge on any atom is 0.105 e. The van der Waals surface area contributed by atoms with Crippen LogP contribution in [0.2, 0.25) is 5.02 Å². The van der Waals surface area contributed by atoms with E-state index in [9.17, 15) is 0 Å². The second-order valence-electron chi connectivity index (χ2n) is 5.00. The van der Waals surface area contributed by atoms with Crippen molar-refractivity contribution >= 4 is 11.6 Å². The van der Waals surface area contributed by atoms with E-state index >= 15 is 0 Å². The maximum atomic E-state index is 6.23. The molecule has 0 fully saturated rings. The zero-order chi connectivity index (χ0) is 14.0. The van der Waals surface area contributed by atoms with Crippen molar-refractivity contribution in [3.8, 4) is 0 Å². The lowest BCUT2D eigenvalue weighted by Crippen LogP contribution is -2.22. The van der Waals surface area contributed by atoms with Crippen LogP contribution >= 0.6 is 11.6 Å². The van der Waals surface area contributed by atoms with E-state index in [2.05, 4.69) is 31.3 Å². The van der Waals surface area contributed by atoms with Crippen LogP contribution in [0.1, 0.15) is 48.6 Å². The lowest BCUT2D eigenvalue weighted by atomic mass is 10.0. The first-order valence-electron chi connectivity index (χ1n) is 6.56. The average Bonchev–Trinajstić information content (AvgIpc) is 2.69. The molecule has 0 radical (unpaired) electrons. The lowest BCUT2D eigenvalue weighted by molar-refractivity contribution is 0.469. The molecule has 19 heavy (non-hydrogen) atoms. The number of hydrogen-bond donors (Lipinski definition) is 1. The van der Waals surface area contributed by atoms with Gasteiger partial charge in [0.05, 0.1) is 0 Å². The van der Waals surface area contributed by atoms with Crippen LogP contribution in [0.15, 0.2) is 34.7 Å². The molecule has 0 bridgehead atoms. The van der Waals surface area contributed by atoms with Crippen LogP contribution in [-0.4, -0.2) is 0 Å².